The van der Waals surface area contributed by atoms with Gasteiger partial charge in [0.05, 0.1) is 5.52 Å². The van der Waals surface area contributed by atoms with Crippen molar-refractivity contribution < 1.29 is 0 Å². The lowest BCUT2D eigenvalue weighted by atomic mass is 9.93. The fourth-order valence-corrected chi connectivity index (χ4v) is 2.44. The van der Waals surface area contributed by atoms with Crippen molar-refractivity contribution >= 4 is 5.52 Å². The Morgan fingerprint density at radius 3 is 2.88 bits per heavy atom. The molecule has 2 rings (SSSR count). The van der Waals surface area contributed by atoms with Gasteiger partial charge in [0, 0.05) is 12.4 Å². The molecular formula is C15H22N2. The minimum atomic E-state index is 0.697. The van der Waals surface area contributed by atoms with Crippen molar-refractivity contribution in [2.24, 2.45) is 0 Å². The van der Waals surface area contributed by atoms with Crippen molar-refractivity contribution in [3.8, 4) is 0 Å². The van der Waals surface area contributed by atoms with Crippen molar-refractivity contribution in [2.75, 3.05) is 0 Å². The normalized spacial score (nSPS) is 13.1. The van der Waals surface area contributed by atoms with Gasteiger partial charge in [-0.2, -0.15) is 5.10 Å². The summed E-state index contributed by atoms with van der Waals surface area (Å²) >= 11 is 0. The smallest absolute Gasteiger partial charge is 0.0649 e. The van der Waals surface area contributed by atoms with Crippen molar-refractivity contribution in [1.82, 2.24) is 9.61 Å². The molecule has 2 heterocycles. The summed E-state index contributed by atoms with van der Waals surface area (Å²) in [6.07, 6.45) is 10.6. The third-order valence-corrected chi connectivity index (χ3v) is 3.51. The Balaban J connectivity index is 2.12. The maximum absolute atomic E-state index is 4.33. The topological polar surface area (TPSA) is 17.3 Å². The highest BCUT2D eigenvalue weighted by Gasteiger charge is 2.11. The molecule has 2 heteroatoms. The third-order valence-electron chi connectivity index (χ3n) is 3.51. The molecule has 0 aliphatic heterocycles. The van der Waals surface area contributed by atoms with E-state index in [1.54, 1.807) is 0 Å². The fraction of sp³-hybridized carbons (Fsp3) is 0.533. The van der Waals surface area contributed by atoms with Crippen LogP contribution in [0.5, 0.6) is 0 Å². The largest absolute Gasteiger partial charge is 0.241 e. The average Bonchev–Trinajstić information content (AvgIpc) is 2.78. The van der Waals surface area contributed by atoms with E-state index >= 15 is 0 Å². The van der Waals surface area contributed by atoms with Crippen LogP contribution in [0.25, 0.3) is 5.52 Å². The van der Waals surface area contributed by atoms with Crippen molar-refractivity contribution in [1.29, 1.82) is 0 Å². The molecular weight excluding hydrogens is 208 g/mol. The van der Waals surface area contributed by atoms with Gasteiger partial charge in [0.1, 0.15) is 0 Å². The molecule has 17 heavy (non-hydrogen) atoms. The number of unbranched alkanes of at least 4 members (excludes halogenated alkanes) is 2. The second-order valence-corrected chi connectivity index (χ2v) is 4.77. The summed E-state index contributed by atoms with van der Waals surface area (Å²) in [5.41, 5.74) is 2.65. The molecule has 0 saturated heterocycles. The molecule has 0 saturated carbocycles. The molecule has 0 bridgehead atoms. The van der Waals surface area contributed by atoms with Gasteiger partial charge in [-0.3, -0.25) is 0 Å². The van der Waals surface area contributed by atoms with Crippen LogP contribution in [-0.4, -0.2) is 9.61 Å². The van der Waals surface area contributed by atoms with Gasteiger partial charge in [-0.05, 0) is 42.5 Å². The third kappa shape index (κ3) is 2.87. The zero-order valence-electron chi connectivity index (χ0n) is 10.9. The zero-order valence-corrected chi connectivity index (χ0v) is 10.9. The van der Waals surface area contributed by atoms with Crippen LogP contribution in [0, 0.1) is 0 Å². The first-order chi connectivity index (χ1) is 8.35. The van der Waals surface area contributed by atoms with E-state index in [4.69, 9.17) is 0 Å². The maximum atomic E-state index is 4.33. The number of nitrogens with zero attached hydrogens (tertiary/aromatic N) is 2. The van der Waals surface area contributed by atoms with Gasteiger partial charge in [-0.1, -0.05) is 33.1 Å². The van der Waals surface area contributed by atoms with Crippen LogP contribution in [0.2, 0.25) is 0 Å². The van der Waals surface area contributed by atoms with Gasteiger partial charge in [0.2, 0.25) is 0 Å². The highest BCUT2D eigenvalue weighted by molar-refractivity contribution is 5.49. The Morgan fingerprint density at radius 1 is 1.29 bits per heavy atom. The van der Waals surface area contributed by atoms with Crippen molar-refractivity contribution in [2.45, 2.75) is 51.9 Å². The van der Waals surface area contributed by atoms with Crippen LogP contribution < -0.4 is 0 Å². The monoisotopic (exact) mass is 230 g/mol. The van der Waals surface area contributed by atoms with Gasteiger partial charge in [-0.25, -0.2) is 4.52 Å². The molecule has 92 valence electrons. The molecule has 2 aromatic heterocycles. The summed E-state index contributed by atoms with van der Waals surface area (Å²) in [5.74, 6) is 0.697. The van der Waals surface area contributed by atoms with E-state index in [1.165, 1.54) is 43.2 Å². The van der Waals surface area contributed by atoms with Crippen LogP contribution in [0.15, 0.2) is 30.6 Å². The number of fused-ring (bicyclic) bond motifs is 1. The molecule has 0 aliphatic rings. The predicted octanol–water partition coefficient (Wildman–Crippen LogP) is 4.41. The van der Waals surface area contributed by atoms with Crippen molar-refractivity contribution in [3.05, 3.63) is 36.2 Å². The quantitative estimate of drug-likeness (QED) is 0.672. The van der Waals surface area contributed by atoms with Crippen LogP contribution in [0.3, 0.4) is 0 Å². The van der Waals surface area contributed by atoms with E-state index in [1.807, 2.05) is 16.8 Å². The second kappa shape index (κ2) is 5.85. The lowest BCUT2D eigenvalue weighted by molar-refractivity contribution is 0.553. The molecule has 0 N–H and O–H groups in total. The minimum Gasteiger partial charge on any atom is -0.241 e. The fourth-order valence-electron chi connectivity index (χ4n) is 2.44. The van der Waals surface area contributed by atoms with Gasteiger partial charge in [-0.15, -0.1) is 0 Å². The number of rotatable bonds is 6. The van der Waals surface area contributed by atoms with Gasteiger partial charge in [0.15, 0.2) is 0 Å². The SMILES string of the molecule is CCCCCC(CC)c1cc2cccnn2c1. The summed E-state index contributed by atoms with van der Waals surface area (Å²) in [7, 11) is 0. The Labute approximate surface area is 104 Å². The summed E-state index contributed by atoms with van der Waals surface area (Å²) in [6, 6.07) is 6.40. The van der Waals surface area contributed by atoms with Gasteiger partial charge in [0.25, 0.3) is 0 Å². The van der Waals surface area contributed by atoms with Gasteiger partial charge >= 0.3 is 0 Å². The maximum Gasteiger partial charge on any atom is 0.0649 e. The van der Waals surface area contributed by atoms with E-state index in [9.17, 15) is 0 Å². The molecule has 0 aliphatic carbocycles. The lowest BCUT2D eigenvalue weighted by Gasteiger charge is -2.12. The molecule has 0 aromatic carbocycles. The first-order valence-corrected chi connectivity index (χ1v) is 6.78. The molecule has 1 unspecified atom stereocenters. The molecule has 0 radical (unpaired) electrons. The molecule has 0 spiro atoms. The first-order valence-electron chi connectivity index (χ1n) is 6.78. The first kappa shape index (κ1) is 12.2. The number of hydrogen-bond acceptors (Lipinski definition) is 1. The summed E-state index contributed by atoms with van der Waals surface area (Å²) in [5, 5.41) is 4.33. The summed E-state index contributed by atoms with van der Waals surface area (Å²) in [4.78, 5) is 0. The van der Waals surface area contributed by atoms with E-state index in [2.05, 4.69) is 37.3 Å². The standard InChI is InChI=1S/C15H22N2/c1-3-5-6-8-13(4-2)14-11-15-9-7-10-16-17(15)12-14/h7,9-13H,3-6,8H2,1-2H3. The van der Waals surface area contributed by atoms with Crippen LogP contribution in [0.4, 0.5) is 0 Å². The summed E-state index contributed by atoms with van der Waals surface area (Å²) in [6.45, 7) is 4.55. The van der Waals surface area contributed by atoms with E-state index in [-0.39, 0.29) is 0 Å². The molecule has 2 nitrogen and oxygen atoms in total. The Kier molecular flexibility index (Phi) is 4.18. The summed E-state index contributed by atoms with van der Waals surface area (Å²) < 4.78 is 1.98. The second-order valence-electron chi connectivity index (χ2n) is 4.77. The number of aromatic nitrogens is 2. The average molecular weight is 230 g/mol. The molecule has 0 amide bonds. The van der Waals surface area contributed by atoms with Crippen LogP contribution in [-0.2, 0) is 0 Å². The Hall–Kier alpha value is -1.31. The Bertz CT molecular complexity index is 426. The lowest BCUT2D eigenvalue weighted by Crippen LogP contribution is -1.96. The molecule has 1 atom stereocenters. The van der Waals surface area contributed by atoms with E-state index in [0.717, 1.165) is 0 Å². The zero-order chi connectivity index (χ0) is 12.1. The van der Waals surface area contributed by atoms with E-state index in [0.29, 0.717) is 5.92 Å². The highest BCUT2D eigenvalue weighted by Crippen LogP contribution is 2.27. The molecule has 0 fully saturated rings. The number of hydrogen-bond donors (Lipinski definition) is 0. The molecule has 2 aromatic rings. The minimum absolute atomic E-state index is 0.697. The predicted molar refractivity (Wildman–Crippen MR) is 72.4 cm³/mol. The van der Waals surface area contributed by atoms with Crippen LogP contribution >= 0.6 is 0 Å². The van der Waals surface area contributed by atoms with Crippen molar-refractivity contribution in [3.63, 3.8) is 0 Å². The van der Waals surface area contributed by atoms with Crippen LogP contribution in [0.1, 0.15) is 57.4 Å². The Morgan fingerprint density at radius 2 is 2.18 bits per heavy atom. The highest BCUT2D eigenvalue weighted by atomic mass is 15.2. The van der Waals surface area contributed by atoms with E-state index < -0.39 is 0 Å². The van der Waals surface area contributed by atoms with Gasteiger partial charge < -0.3 is 0 Å².